The highest BCUT2D eigenvalue weighted by molar-refractivity contribution is 5.63. The van der Waals surface area contributed by atoms with Gasteiger partial charge in [-0.25, -0.2) is 0 Å². The van der Waals surface area contributed by atoms with Gasteiger partial charge in [-0.1, -0.05) is 42.4 Å². The number of likely N-dealkylation sites (N-methyl/N-ethyl adjacent to an activating group) is 1. The van der Waals surface area contributed by atoms with Crippen LogP contribution in [-0.4, -0.2) is 57.0 Å². The molecule has 7 heteroatoms. The summed E-state index contributed by atoms with van der Waals surface area (Å²) in [7, 11) is 1.98. The molecule has 0 amide bonds. The van der Waals surface area contributed by atoms with Gasteiger partial charge in [-0.05, 0) is 13.5 Å². The molecule has 0 N–H and O–H groups in total. The monoisotopic (exact) mass is 352 g/mol. The molecule has 26 heavy (non-hydrogen) atoms. The van der Waals surface area contributed by atoms with E-state index in [2.05, 4.69) is 39.0 Å². The van der Waals surface area contributed by atoms with E-state index in [1.165, 1.54) is 0 Å². The van der Waals surface area contributed by atoms with E-state index < -0.39 is 0 Å². The van der Waals surface area contributed by atoms with Crippen molar-refractivity contribution in [1.82, 2.24) is 24.8 Å². The zero-order valence-corrected chi connectivity index (χ0v) is 15.5. The highest BCUT2D eigenvalue weighted by Gasteiger charge is 2.26. The molecule has 0 spiro atoms. The summed E-state index contributed by atoms with van der Waals surface area (Å²) < 4.78 is 7.51. The van der Waals surface area contributed by atoms with Gasteiger partial charge < -0.3 is 9.42 Å². The molecule has 0 bridgehead atoms. The quantitative estimate of drug-likeness (QED) is 0.719. The minimum absolute atomic E-state index is 0.505. The summed E-state index contributed by atoms with van der Waals surface area (Å²) in [5, 5.41) is 13.0. The predicted molar refractivity (Wildman–Crippen MR) is 101 cm³/mol. The van der Waals surface area contributed by atoms with E-state index in [9.17, 15) is 0 Å². The first-order valence-electron chi connectivity index (χ1n) is 9.08. The largest absolute Gasteiger partial charge is 0.356 e. The second-order valence-electron chi connectivity index (χ2n) is 6.75. The van der Waals surface area contributed by atoms with Gasteiger partial charge in [0.2, 0.25) is 5.95 Å². The molecule has 0 radical (unpaired) electrons. The van der Waals surface area contributed by atoms with Crippen LogP contribution in [0.4, 0.5) is 5.95 Å². The number of hydrogen-bond donors (Lipinski definition) is 0. The van der Waals surface area contributed by atoms with Crippen LogP contribution in [0.25, 0.3) is 22.8 Å². The Morgan fingerprint density at radius 1 is 1.15 bits per heavy atom. The lowest BCUT2D eigenvalue weighted by Gasteiger charge is -2.39. The second kappa shape index (κ2) is 6.92. The number of hydrogen-bond acceptors (Lipinski definition) is 6. The van der Waals surface area contributed by atoms with Gasteiger partial charge >= 0.3 is 0 Å². The van der Waals surface area contributed by atoms with Crippen LogP contribution in [0.2, 0.25) is 0 Å². The fourth-order valence-corrected chi connectivity index (χ4v) is 3.59. The molecular formula is C19H24N6O. The maximum absolute atomic E-state index is 5.51. The summed E-state index contributed by atoms with van der Waals surface area (Å²) >= 11 is 0. The van der Waals surface area contributed by atoms with Crippen molar-refractivity contribution in [3.8, 4) is 22.8 Å². The van der Waals surface area contributed by atoms with Gasteiger partial charge in [0.1, 0.15) is 0 Å². The highest BCUT2D eigenvalue weighted by atomic mass is 16.5. The normalized spacial score (nSPS) is 18.4. The Kier molecular flexibility index (Phi) is 4.46. The summed E-state index contributed by atoms with van der Waals surface area (Å²) in [5.74, 6) is 2.33. The van der Waals surface area contributed by atoms with Gasteiger partial charge in [-0.15, -0.1) is 10.2 Å². The lowest BCUT2D eigenvalue weighted by Crippen LogP contribution is -2.52. The van der Waals surface area contributed by atoms with E-state index in [0.29, 0.717) is 11.7 Å². The Bertz CT molecular complexity index is 871. The lowest BCUT2D eigenvalue weighted by molar-refractivity contribution is 0.198. The molecule has 1 aliphatic rings. The summed E-state index contributed by atoms with van der Waals surface area (Å²) in [5.41, 5.74) is 1.70. The maximum atomic E-state index is 5.51. The van der Waals surface area contributed by atoms with E-state index >= 15 is 0 Å². The number of benzene rings is 1. The molecule has 0 aliphatic carbocycles. The number of rotatable bonds is 4. The molecule has 1 atom stereocenters. The Hall–Kier alpha value is -2.67. The van der Waals surface area contributed by atoms with Crippen LogP contribution in [0, 0.1) is 0 Å². The molecular weight excluding hydrogens is 328 g/mol. The van der Waals surface area contributed by atoms with Crippen LogP contribution >= 0.6 is 0 Å². The van der Waals surface area contributed by atoms with Crippen molar-refractivity contribution in [3.05, 3.63) is 36.4 Å². The third-order valence-electron chi connectivity index (χ3n) is 5.10. The molecule has 1 aromatic carbocycles. The Morgan fingerprint density at radius 2 is 1.96 bits per heavy atom. The van der Waals surface area contributed by atoms with E-state index in [-0.39, 0.29) is 0 Å². The molecule has 0 saturated carbocycles. The van der Waals surface area contributed by atoms with Crippen molar-refractivity contribution in [2.24, 2.45) is 7.05 Å². The Labute approximate surface area is 153 Å². The number of piperazine rings is 1. The fraction of sp³-hybridized carbons (Fsp3) is 0.421. The number of anilines is 1. The molecule has 2 aromatic heterocycles. The molecule has 1 aliphatic heterocycles. The van der Waals surface area contributed by atoms with Gasteiger partial charge in [-0.3, -0.25) is 9.47 Å². The van der Waals surface area contributed by atoms with Crippen LogP contribution in [0.5, 0.6) is 0 Å². The van der Waals surface area contributed by atoms with Crippen LogP contribution in [0.3, 0.4) is 0 Å². The molecule has 7 nitrogen and oxygen atoms in total. The number of aromatic nitrogens is 4. The predicted octanol–water partition coefficient (Wildman–Crippen LogP) is 2.67. The average Bonchev–Trinajstić information content (AvgIpc) is 3.29. The smallest absolute Gasteiger partial charge is 0.227 e. The standard InChI is InChI=1S/C19H24N6O/c1-4-24-10-11-25(13-14(24)2)19-21-20-18(23(19)3)16-12-17(26-22-16)15-8-6-5-7-9-15/h5-9,12,14H,4,10-11,13H2,1-3H3. The van der Waals surface area contributed by atoms with Gasteiger partial charge in [0.05, 0.1) is 0 Å². The van der Waals surface area contributed by atoms with Crippen molar-refractivity contribution in [2.75, 3.05) is 31.1 Å². The van der Waals surface area contributed by atoms with Crippen molar-refractivity contribution in [2.45, 2.75) is 19.9 Å². The SMILES string of the molecule is CCN1CCN(c2nnc(-c3cc(-c4ccccc4)on3)n2C)CC1C. The molecule has 3 aromatic rings. The summed E-state index contributed by atoms with van der Waals surface area (Å²) in [4.78, 5) is 4.78. The van der Waals surface area contributed by atoms with Crippen molar-refractivity contribution >= 4 is 5.95 Å². The minimum atomic E-state index is 0.505. The third kappa shape index (κ3) is 2.99. The number of nitrogens with zero attached hydrogens (tertiary/aromatic N) is 6. The van der Waals surface area contributed by atoms with Gasteiger partial charge in [0.15, 0.2) is 17.3 Å². The zero-order chi connectivity index (χ0) is 18.1. The van der Waals surface area contributed by atoms with Crippen LogP contribution < -0.4 is 4.90 Å². The molecule has 4 rings (SSSR count). The van der Waals surface area contributed by atoms with Crippen LogP contribution in [0.15, 0.2) is 40.9 Å². The molecule has 1 unspecified atom stereocenters. The van der Waals surface area contributed by atoms with E-state index in [4.69, 9.17) is 4.52 Å². The molecule has 1 fully saturated rings. The van der Waals surface area contributed by atoms with Crippen molar-refractivity contribution in [3.63, 3.8) is 0 Å². The minimum Gasteiger partial charge on any atom is -0.356 e. The average molecular weight is 352 g/mol. The molecule has 136 valence electrons. The Morgan fingerprint density at radius 3 is 2.69 bits per heavy atom. The van der Waals surface area contributed by atoms with Crippen LogP contribution in [-0.2, 0) is 7.05 Å². The van der Waals surface area contributed by atoms with E-state index in [1.807, 2.05) is 48.0 Å². The first-order valence-corrected chi connectivity index (χ1v) is 9.08. The van der Waals surface area contributed by atoms with Crippen LogP contribution in [0.1, 0.15) is 13.8 Å². The topological polar surface area (TPSA) is 63.2 Å². The Balaban J connectivity index is 1.58. The fourth-order valence-electron chi connectivity index (χ4n) is 3.59. The zero-order valence-electron chi connectivity index (χ0n) is 15.5. The third-order valence-corrected chi connectivity index (χ3v) is 5.10. The summed E-state index contributed by atoms with van der Waals surface area (Å²) in [6.45, 7) is 8.51. The van der Waals surface area contributed by atoms with Crippen molar-refractivity contribution < 1.29 is 4.52 Å². The highest BCUT2D eigenvalue weighted by Crippen LogP contribution is 2.27. The van der Waals surface area contributed by atoms with E-state index in [1.54, 1.807) is 0 Å². The summed E-state index contributed by atoms with van der Waals surface area (Å²) in [6, 6.07) is 12.4. The van der Waals surface area contributed by atoms with Gasteiger partial charge in [-0.2, -0.15) is 0 Å². The molecule has 1 saturated heterocycles. The van der Waals surface area contributed by atoms with Gasteiger partial charge in [0.25, 0.3) is 0 Å². The summed E-state index contributed by atoms with van der Waals surface area (Å²) in [6.07, 6.45) is 0. The van der Waals surface area contributed by atoms with Gasteiger partial charge in [0, 0.05) is 44.4 Å². The van der Waals surface area contributed by atoms with Crippen molar-refractivity contribution in [1.29, 1.82) is 0 Å². The van der Waals surface area contributed by atoms with E-state index in [0.717, 1.165) is 49.3 Å². The first-order chi connectivity index (χ1) is 12.7. The second-order valence-corrected chi connectivity index (χ2v) is 6.75. The maximum Gasteiger partial charge on any atom is 0.227 e. The lowest BCUT2D eigenvalue weighted by atomic mass is 10.1. The molecule has 3 heterocycles. The first kappa shape index (κ1) is 16.8.